The fourth-order valence-corrected chi connectivity index (χ4v) is 3.94. The molecule has 25 heavy (non-hydrogen) atoms. The van der Waals surface area contributed by atoms with Crippen LogP contribution in [0.3, 0.4) is 0 Å². The highest BCUT2D eigenvalue weighted by atomic mass is 16.1. The summed E-state index contributed by atoms with van der Waals surface area (Å²) in [5.41, 5.74) is 3.36. The zero-order valence-corrected chi connectivity index (χ0v) is 14.6. The number of carbonyl (C=O) groups excluding carboxylic acids is 1. The SMILES string of the molecule is O=C(NCCC1CCc2ccccc2N1)c1cnc2n1CCCCC2. The number of aromatic nitrogens is 2. The maximum atomic E-state index is 12.5. The van der Waals surface area contributed by atoms with Crippen molar-refractivity contribution in [1.29, 1.82) is 0 Å². The number of para-hydroxylation sites is 1. The smallest absolute Gasteiger partial charge is 0.269 e. The quantitative estimate of drug-likeness (QED) is 0.900. The summed E-state index contributed by atoms with van der Waals surface area (Å²) < 4.78 is 2.11. The van der Waals surface area contributed by atoms with E-state index >= 15 is 0 Å². The van der Waals surface area contributed by atoms with Gasteiger partial charge in [0.2, 0.25) is 0 Å². The first-order chi connectivity index (χ1) is 12.3. The molecule has 1 aromatic heterocycles. The number of imidazole rings is 1. The van der Waals surface area contributed by atoms with Gasteiger partial charge in [0.15, 0.2) is 0 Å². The van der Waals surface area contributed by atoms with Crippen LogP contribution < -0.4 is 10.6 Å². The molecule has 132 valence electrons. The van der Waals surface area contributed by atoms with Gasteiger partial charge in [0.25, 0.3) is 5.91 Å². The molecule has 4 rings (SSSR count). The van der Waals surface area contributed by atoms with Crippen molar-refractivity contribution in [2.75, 3.05) is 11.9 Å². The van der Waals surface area contributed by atoms with Gasteiger partial charge < -0.3 is 15.2 Å². The fourth-order valence-electron chi connectivity index (χ4n) is 3.94. The third-order valence-corrected chi connectivity index (χ3v) is 5.37. The van der Waals surface area contributed by atoms with Gasteiger partial charge in [-0.1, -0.05) is 24.6 Å². The minimum Gasteiger partial charge on any atom is -0.382 e. The Labute approximate surface area is 148 Å². The van der Waals surface area contributed by atoms with Crippen LogP contribution in [0.2, 0.25) is 0 Å². The van der Waals surface area contributed by atoms with Gasteiger partial charge in [0.1, 0.15) is 11.5 Å². The summed E-state index contributed by atoms with van der Waals surface area (Å²) in [6.45, 7) is 1.61. The molecule has 1 amide bonds. The van der Waals surface area contributed by atoms with Crippen LogP contribution in [0.25, 0.3) is 0 Å². The average molecular weight is 338 g/mol. The van der Waals surface area contributed by atoms with Gasteiger partial charge in [0, 0.05) is 31.2 Å². The molecule has 0 radical (unpaired) electrons. The van der Waals surface area contributed by atoms with Crippen LogP contribution in [0, 0.1) is 0 Å². The Morgan fingerprint density at radius 3 is 3.12 bits per heavy atom. The molecule has 1 atom stereocenters. The van der Waals surface area contributed by atoms with E-state index in [-0.39, 0.29) is 5.91 Å². The molecule has 0 bridgehead atoms. The standard InChI is InChI=1S/C20H26N4O/c25-20(18-14-22-19-8-2-1-5-13-24(18)19)21-12-11-16-10-9-15-6-3-4-7-17(15)23-16/h3-4,6-7,14,16,23H,1-2,5,8-13H2,(H,21,25). The number of anilines is 1. The van der Waals surface area contributed by atoms with E-state index in [1.165, 1.54) is 24.1 Å². The van der Waals surface area contributed by atoms with Crippen molar-refractivity contribution in [3.63, 3.8) is 0 Å². The highest BCUT2D eigenvalue weighted by Crippen LogP contribution is 2.25. The highest BCUT2D eigenvalue weighted by molar-refractivity contribution is 5.92. The lowest BCUT2D eigenvalue weighted by atomic mass is 9.96. The van der Waals surface area contributed by atoms with E-state index in [1.54, 1.807) is 6.20 Å². The first-order valence-electron chi connectivity index (χ1n) is 9.48. The molecule has 0 saturated carbocycles. The normalized spacial score (nSPS) is 19.3. The number of benzene rings is 1. The van der Waals surface area contributed by atoms with Crippen LogP contribution in [0.5, 0.6) is 0 Å². The Morgan fingerprint density at radius 1 is 1.24 bits per heavy atom. The molecule has 0 aliphatic carbocycles. The van der Waals surface area contributed by atoms with Gasteiger partial charge in [-0.15, -0.1) is 0 Å². The van der Waals surface area contributed by atoms with Crippen LogP contribution in [0.4, 0.5) is 5.69 Å². The molecular weight excluding hydrogens is 312 g/mol. The minimum absolute atomic E-state index is 0.0110. The summed E-state index contributed by atoms with van der Waals surface area (Å²) in [6.07, 6.45) is 9.43. The van der Waals surface area contributed by atoms with Crippen LogP contribution in [-0.4, -0.2) is 28.0 Å². The summed E-state index contributed by atoms with van der Waals surface area (Å²) in [6, 6.07) is 8.92. The van der Waals surface area contributed by atoms with Gasteiger partial charge >= 0.3 is 0 Å². The van der Waals surface area contributed by atoms with Crippen molar-refractivity contribution >= 4 is 11.6 Å². The number of rotatable bonds is 4. The average Bonchev–Trinajstić information content (AvgIpc) is 2.90. The van der Waals surface area contributed by atoms with Crippen molar-refractivity contribution in [1.82, 2.24) is 14.9 Å². The van der Waals surface area contributed by atoms with Crippen molar-refractivity contribution < 1.29 is 4.79 Å². The molecule has 5 nitrogen and oxygen atoms in total. The Morgan fingerprint density at radius 2 is 2.16 bits per heavy atom. The van der Waals surface area contributed by atoms with E-state index in [2.05, 4.69) is 44.5 Å². The van der Waals surface area contributed by atoms with Gasteiger partial charge in [-0.2, -0.15) is 0 Å². The van der Waals surface area contributed by atoms with E-state index in [0.717, 1.165) is 50.2 Å². The molecule has 0 spiro atoms. The Bertz CT molecular complexity index is 752. The molecule has 5 heteroatoms. The summed E-state index contributed by atoms with van der Waals surface area (Å²) in [4.78, 5) is 17.0. The van der Waals surface area contributed by atoms with Crippen molar-refractivity contribution in [2.24, 2.45) is 0 Å². The first-order valence-corrected chi connectivity index (χ1v) is 9.48. The minimum atomic E-state index is 0.0110. The Kier molecular flexibility index (Phi) is 4.72. The molecule has 2 aliphatic rings. The van der Waals surface area contributed by atoms with Gasteiger partial charge in [-0.3, -0.25) is 4.79 Å². The Balaban J connectivity index is 1.31. The second-order valence-corrected chi connectivity index (χ2v) is 7.10. The van der Waals surface area contributed by atoms with E-state index in [9.17, 15) is 4.79 Å². The third-order valence-electron chi connectivity index (χ3n) is 5.37. The van der Waals surface area contributed by atoms with E-state index < -0.39 is 0 Å². The molecule has 2 aromatic rings. The molecule has 0 saturated heterocycles. The molecule has 0 fully saturated rings. The monoisotopic (exact) mass is 338 g/mol. The number of carbonyl (C=O) groups is 1. The van der Waals surface area contributed by atoms with Gasteiger partial charge in [0.05, 0.1) is 6.20 Å². The predicted octanol–water partition coefficient (Wildman–Crippen LogP) is 3.16. The van der Waals surface area contributed by atoms with Crippen molar-refractivity contribution in [3.05, 3.63) is 47.5 Å². The zero-order valence-electron chi connectivity index (χ0n) is 14.6. The summed E-state index contributed by atoms with van der Waals surface area (Å²) in [7, 11) is 0. The van der Waals surface area contributed by atoms with Crippen LogP contribution >= 0.6 is 0 Å². The highest BCUT2D eigenvalue weighted by Gasteiger charge is 2.20. The topological polar surface area (TPSA) is 59.0 Å². The predicted molar refractivity (Wildman–Crippen MR) is 98.9 cm³/mol. The lowest BCUT2D eigenvalue weighted by Gasteiger charge is -2.27. The zero-order chi connectivity index (χ0) is 17.1. The van der Waals surface area contributed by atoms with Crippen LogP contribution in [0.1, 0.15) is 54.0 Å². The Hall–Kier alpha value is -2.30. The molecule has 2 aliphatic heterocycles. The molecule has 3 heterocycles. The van der Waals surface area contributed by atoms with Crippen molar-refractivity contribution in [2.45, 2.75) is 57.5 Å². The summed E-state index contributed by atoms with van der Waals surface area (Å²) in [5.74, 6) is 1.07. The lowest BCUT2D eigenvalue weighted by Crippen LogP contribution is -2.33. The van der Waals surface area contributed by atoms with E-state index in [1.807, 2.05) is 0 Å². The number of nitrogens with zero attached hydrogens (tertiary/aromatic N) is 2. The summed E-state index contributed by atoms with van der Waals surface area (Å²) >= 11 is 0. The second-order valence-electron chi connectivity index (χ2n) is 7.10. The van der Waals surface area contributed by atoms with E-state index in [4.69, 9.17) is 0 Å². The number of aryl methyl sites for hydroxylation is 2. The lowest BCUT2D eigenvalue weighted by molar-refractivity contribution is 0.0943. The van der Waals surface area contributed by atoms with Crippen molar-refractivity contribution in [3.8, 4) is 0 Å². The maximum absolute atomic E-state index is 12.5. The third kappa shape index (κ3) is 3.55. The number of hydrogen-bond acceptors (Lipinski definition) is 3. The number of nitrogens with one attached hydrogen (secondary N) is 2. The van der Waals surface area contributed by atoms with Gasteiger partial charge in [-0.05, 0) is 43.7 Å². The van der Waals surface area contributed by atoms with Gasteiger partial charge in [-0.25, -0.2) is 4.98 Å². The maximum Gasteiger partial charge on any atom is 0.269 e. The van der Waals surface area contributed by atoms with Crippen LogP contribution in [-0.2, 0) is 19.4 Å². The fraction of sp³-hybridized carbons (Fsp3) is 0.500. The molecule has 1 aromatic carbocycles. The molecular formula is C20H26N4O. The second kappa shape index (κ2) is 7.30. The number of fused-ring (bicyclic) bond motifs is 2. The summed E-state index contributed by atoms with van der Waals surface area (Å²) in [5, 5.41) is 6.68. The number of hydrogen-bond donors (Lipinski definition) is 2. The van der Waals surface area contributed by atoms with E-state index in [0.29, 0.717) is 12.6 Å². The molecule has 2 N–H and O–H groups in total. The largest absolute Gasteiger partial charge is 0.382 e. The first kappa shape index (κ1) is 16.2. The number of amides is 1. The van der Waals surface area contributed by atoms with Crippen LogP contribution in [0.15, 0.2) is 30.5 Å². The molecule has 1 unspecified atom stereocenters.